The Morgan fingerprint density at radius 1 is 1.24 bits per heavy atom. The monoisotopic (exact) mass is 476 g/mol. The Labute approximate surface area is 197 Å². The summed E-state index contributed by atoms with van der Waals surface area (Å²) in [7, 11) is 1.52. The van der Waals surface area contributed by atoms with Gasteiger partial charge < -0.3 is 15.0 Å². The zero-order valence-corrected chi connectivity index (χ0v) is 19.9. The summed E-state index contributed by atoms with van der Waals surface area (Å²) in [5.41, 5.74) is 1.03. The highest BCUT2D eigenvalue weighted by Gasteiger charge is 2.52. The van der Waals surface area contributed by atoms with Gasteiger partial charge in [-0.3, -0.25) is 4.79 Å². The Hall–Kier alpha value is -2.71. The largest absolute Gasteiger partial charge is 0.497 e. The third kappa shape index (κ3) is 3.92. The van der Waals surface area contributed by atoms with E-state index in [0.29, 0.717) is 17.9 Å². The lowest BCUT2D eigenvalue weighted by Gasteiger charge is -2.39. The lowest BCUT2D eigenvalue weighted by Crippen LogP contribution is -2.39. The van der Waals surface area contributed by atoms with E-state index in [1.807, 2.05) is 4.90 Å². The number of amides is 1. The fourth-order valence-electron chi connectivity index (χ4n) is 6.65. The van der Waals surface area contributed by atoms with Crippen LogP contribution in [0.5, 0.6) is 5.75 Å². The van der Waals surface area contributed by atoms with Crippen LogP contribution in [-0.2, 0) is 0 Å². The molecular formula is C25H31F3N4O2. The molecule has 1 saturated heterocycles. The second kappa shape index (κ2) is 7.65. The summed E-state index contributed by atoms with van der Waals surface area (Å²) < 4.78 is 48.4. The smallest absolute Gasteiger partial charge is 0.410 e. The quantitative estimate of drug-likeness (QED) is 0.627. The summed E-state index contributed by atoms with van der Waals surface area (Å²) in [6.07, 6.45) is -0.578. The molecule has 3 aliphatic rings. The number of ether oxygens (including phenoxy) is 1. The zero-order valence-electron chi connectivity index (χ0n) is 19.9. The number of aromatic nitrogens is 2. The Morgan fingerprint density at radius 2 is 2.00 bits per heavy atom. The molecule has 184 valence electrons. The van der Waals surface area contributed by atoms with Crippen LogP contribution in [0.2, 0.25) is 0 Å². The van der Waals surface area contributed by atoms with Gasteiger partial charge in [0.2, 0.25) is 0 Å². The van der Waals surface area contributed by atoms with Crippen molar-refractivity contribution in [2.24, 2.45) is 10.8 Å². The molecule has 1 amide bonds. The van der Waals surface area contributed by atoms with Gasteiger partial charge in [0.25, 0.3) is 5.91 Å². The predicted octanol–water partition coefficient (Wildman–Crippen LogP) is 5.59. The van der Waals surface area contributed by atoms with E-state index in [0.717, 1.165) is 23.9 Å². The van der Waals surface area contributed by atoms with E-state index in [4.69, 9.17) is 4.74 Å². The topological polar surface area (TPSA) is 59.4 Å². The van der Waals surface area contributed by atoms with Crippen LogP contribution in [0.1, 0.15) is 74.5 Å². The van der Waals surface area contributed by atoms with E-state index < -0.39 is 18.3 Å². The van der Waals surface area contributed by atoms with Crippen molar-refractivity contribution in [3.05, 3.63) is 41.6 Å². The van der Waals surface area contributed by atoms with Crippen LogP contribution in [0.25, 0.3) is 0 Å². The van der Waals surface area contributed by atoms with Crippen LogP contribution in [0, 0.1) is 10.8 Å². The van der Waals surface area contributed by atoms with Crippen LogP contribution < -0.4 is 10.1 Å². The van der Waals surface area contributed by atoms with E-state index in [2.05, 4.69) is 31.2 Å². The molecular weight excluding hydrogens is 445 g/mol. The van der Waals surface area contributed by atoms with Crippen molar-refractivity contribution < 1.29 is 22.7 Å². The number of hydrogen-bond acceptors (Lipinski definition) is 4. The normalized spacial score (nSPS) is 30.0. The molecule has 1 saturated carbocycles. The summed E-state index contributed by atoms with van der Waals surface area (Å²) in [5, 5.41) is 7.25. The SMILES string of the molecule is COc1cccc([C@@H]2C[C@H](C(F)(F)F)n3ncc(C(=O)N4C[C@]5(C)C[C@H]4CC(C)(C)C5)c3N2)c1. The van der Waals surface area contributed by atoms with Crippen molar-refractivity contribution in [1.82, 2.24) is 14.7 Å². The van der Waals surface area contributed by atoms with Crippen molar-refractivity contribution in [2.75, 3.05) is 19.0 Å². The lowest BCUT2D eigenvalue weighted by molar-refractivity contribution is -0.173. The minimum atomic E-state index is -4.50. The van der Waals surface area contributed by atoms with Gasteiger partial charge in [-0.1, -0.05) is 32.9 Å². The number of carbonyl (C=O) groups is 1. The fourth-order valence-corrected chi connectivity index (χ4v) is 6.65. The summed E-state index contributed by atoms with van der Waals surface area (Å²) in [6, 6.07) is 4.64. The number of rotatable bonds is 3. The highest BCUT2D eigenvalue weighted by Crippen LogP contribution is 2.53. The highest BCUT2D eigenvalue weighted by atomic mass is 19.4. The third-order valence-corrected chi connectivity index (χ3v) is 7.64. The summed E-state index contributed by atoms with van der Waals surface area (Å²) >= 11 is 0. The van der Waals surface area contributed by atoms with Gasteiger partial charge in [0.1, 0.15) is 17.1 Å². The third-order valence-electron chi connectivity index (χ3n) is 7.64. The maximum atomic E-state index is 14.1. The molecule has 5 rings (SSSR count). The predicted molar refractivity (Wildman–Crippen MR) is 122 cm³/mol. The fraction of sp³-hybridized carbons (Fsp3) is 0.600. The molecule has 1 aromatic carbocycles. The van der Waals surface area contributed by atoms with Gasteiger partial charge >= 0.3 is 6.18 Å². The number of halogens is 3. The van der Waals surface area contributed by atoms with Gasteiger partial charge in [-0.05, 0) is 47.8 Å². The first-order valence-electron chi connectivity index (χ1n) is 11.7. The minimum Gasteiger partial charge on any atom is -0.497 e. The molecule has 0 radical (unpaired) electrons. The van der Waals surface area contributed by atoms with Gasteiger partial charge in [-0.25, -0.2) is 4.68 Å². The number of benzene rings is 1. The van der Waals surface area contributed by atoms with Crippen LogP contribution in [0.4, 0.5) is 19.0 Å². The first-order chi connectivity index (χ1) is 15.9. The summed E-state index contributed by atoms with van der Waals surface area (Å²) in [5.74, 6) is 0.461. The first-order valence-corrected chi connectivity index (χ1v) is 11.7. The molecule has 9 heteroatoms. The standard InChI is InChI=1S/C25H31F3N4O2/c1-23(2)10-16-11-24(3,13-23)14-31(16)22(33)18-12-29-32-20(25(26,27)28)9-19(30-21(18)32)15-6-5-7-17(8-15)34-4/h5-8,12,16,19-20,30H,9-11,13-14H2,1-4H3/t16-,19+,20-,24-/m1/s1. The molecule has 0 spiro atoms. The van der Waals surface area contributed by atoms with Gasteiger partial charge in [-0.2, -0.15) is 18.3 Å². The number of carbonyl (C=O) groups excluding carboxylic acids is 1. The Bertz CT molecular complexity index is 1110. The Balaban J connectivity index is 1.50. The number of hydrogen-bond donors (Lipinski definition) is 1. The molecule has 3 heterocycles. The van der Waals surface area contributed by atoms with Crippen molar-refractivity contribution in [2.45, 2.75) is 70.8 Å². The number of fused-ring (bicyclic) bond motifs is 3. The van der Waals surface area contributed by atoms with Gasteiger partial charge in [-0.15, -0.1) is 0 Å². The van der Waals surface area contributed by atoms with Crippen molar-refractivity contribution >= 4 is 11.7 Å². The van der Waals surface area contributed by atoms with Crippen LogP contribution in [0.15, 0.2) is 30.5 Å². The average Bonchev–Trinajstić information content (AvgIpc) is 3.28. The van der Waals surface area contributed by atoms with Crippen LogP contribution in [-0.4, -0.2) is 46.5 Å². The van der Waals surface area contributed by atoms with Gasteiger partial charge in [0.15, 0.2) is 6.04 Å². The first kappa shape index (κ1) is 23.1. The van der Waals surface area contributed by atoms with Crippen LogP contribution in [0.3, 0.4) is 0 Å². The van der Waals surface area contributed by atoms with E-state index in [-0.39, 0.29) is 40.6 Å². The summed E-state index contributed by atoms with van der Waals surface area (Å²) in [6.45, 7) is 7.27. The Kier molecular flexibility index (Phi) is 5.19. The van der Waals surface area contributed by atoms with Crippen molar-refractivity contribution in [3.63, 3.8) is 0 Å². The summed E-state index contributed by atoms with van der Waals surface area (Å²) in [4.78, 5) is 15.6. The van der Waals surface area contributed by atoms with E-state index in [9.17, 15) is 18.0 Å². The molecule has 2 aromatic rings. The zero-order chi connectivity index (χ0) is 24.5. The molecule has 1 N–H and O–H groups in total. The van der Waals surface area contributed by atoms with E-state index in [1.165, 1.54) is 13.3 Å². The Morgan fingerprint density at radius 3 is 2.71 bits per heavy atom. The number of methoxy groups -OCH3 is 1. The maximum Gasteiger partial charge on any atom is 0.410 e. The molecule has 6 nitrogen and oxygen atoms in total. The number of anilines is 1. The van der Waals surface area contributed by atoms with E-state index in [1.54, 1.807) is 24.3 Å². The van der Waals surface area contributed by atoms with Crippen molar-refractivity contribution in [1.29, 1.82) is 0 Å². The van der Waals surface area contributed by atoms with Crippen LogP contribution >= 0.6 is 0 Å². The second-order valence-corrected chi connectivity index (χ2v) is 11.3. The molecule has 2 bridgehead atoms. The number of nitrogens with zero attached hydrogens (tertiary/aromatic N) is 3. The molecule has 1 aromatic heterocycles. The van der Waals surface area contributed by atoms with Gasteiger partial charge in [0, 0.05) is 19.0 Å². The molecule has 0 unspecified atom stereocenters. The van der Waals surface area contributed by atoms with E-state index >= 15 is 0 Å². The van der Waals surface area contributed by atoms with Crippen molar-refractivity contribution in [3.8, 4) is 5.75 Å². The molecule has 2 fully saturated rings. The second-order valence-electron chi connectivity index (χ2n) is 11.3. The lowest BCUT2D eigenvalue weighted by atomic mass is 9.65. The minimum absolute atomic E-state index is 0.0281. The molecule has 4 atom stereocenters. The number of likely N-dealkylation sites (tertiary alicyclic amines) is 1. The molecule has 34 heavy (non-hydrogen) atoms. The number of nitrogens with one attached hydrogen (secondary N) is 1. The average molecular weight is 477 g/mol. The highest BCUT2D eigenvalue weighted by molar-refractivity contribution is 5.99. The van der Waals surface area contributed by atoms with Gasteiger partial charge in [0.05, 0.1) is 19.3 Å². The number of alkyl halides is 3. The molecule has 2 aliphatic heterocycles. The molecule has 1 aliphatic carbocycles. The maximum absolute atomic E-state index is 14.1.